The van der Waals surface area contributed by atoms with Crippen molar-refractivity contribution in [2.75, 3.05) is 12.3 Å². The van der Waals surface area contributed by atoms with Gasteiger partial charge in [-0.05, 0) is 6.07 Å². The predicted octanol–water partition coefficient (Wildman–Crippen LogP) is -0.302. The van der Waals surface area contributed by atoms with Crippen molar-refractivity contribution in [2.24, 2.45) is 7.05 Å². The molecule has 0 spiro atoms. The summed E-state index contributed by atoms with van der Waals surface area (Å²) >= 11 is 0. The predicted molar refractivity (Wildman–Crippen MR) is 62.2 cm³/mol. The van der Waals surface area contributed by atoms with E-state index in [4.69, 9.17) is 5.73 Å². The number of hydrogen-bond donors (Lipinski definition) is 3. The van der Waals surface area contributed by atoms with Gasteiger partial charge in [0, 0.05) is 38.0 Å². The van der Waals surface area contributed by atoms with Gasteiger partial charge in [-0.25, -0.2) is 0 Å². The lowest BCUT2D eigenvalue weighted by molar-refractivity contribution is 0.0949. The molecule has 7 heteroatoms. The number of nitrogens with zero attached hydrogens (tertiary/aromatic N) is 3. The highest BCUT2D eigenvalue weighted by atomic mass is 16.1. The molecular weight excluding hydrogens is 220 g/mol. The van der Waals surface area contributed by atoms with Crippen LogP contribution in [0.15, 0.2) is 18.3 Å². The van der Waals surface area contributed by atoms with Gasteiger partial charge in [-0.2, -0.15) is 10.2 Å². The number of anilines is 1. The van der Waals surface area contributed by atoms with Gasteiger partial charge in [0.2, 0.25) is 0 Å². The molecule has 0 aliphatic heterocycles. The number of nitrogens with two attached hydrogens (primary N) is 1. The van der Waals surface area contributed by atoms with E-state index < -0.39 is 0 Å². The molecule has 0 aliphatic carbocycles. The van der Waals surface area contributed by atoms with Crippen LogP contribution < -0.4 is 11.1 Å². The zero-order valence-corrected chi connectivity index (χ0v) is 9.47. The lowest BCUT2D eigenvalue weighted by Crippen LogP contribution is -2.26. The van der Waals surface area contributed by atoms with Crippen molar-refractivity contribution in [3.05, 3.63) is 29.7 Å². The average molecular weight is 234 g/mol. The molecule has 2 aromatic heterocycles. The van der Waals surface area contributed by atoms with Crippen LogP contribution in [0.2, 0.25) is 0 Å². The maximum Gasteiger partial charge on any atom is 0.269 e. The standard InChI is InChI=1S/C10H14N6O/c1-16-7(3-5-13-16)2-4-12-10(17)8-6-9(11)15-14-8/h3,5-6H,2,4H2,1H3,(H,12,17)(H3,11,14,15). The summed E-state index contributed by atoms with van der Waals surface area (Å²) in [4.78, 5) is 11.6. The van der Waals surface area contributed by atoms with Crippen LogP contribution in [0.5, 0.6) is 0 Å². The Balaban J connectivity index is 1.83. The van der Waals surface area contributed by atoms with Crippen LogP contribution in [0.3, 0.4) is 0 Å². The minimum atomic E-state index is -0.212. The lowest BCUT2D eigenvalue weighted by atomic mass is 10.3. The highest BCUT2D eigenvalue weighted by molar-refractivity contribution is 5.92. The van der Waals surface area contributed by atoms with E-state index in [0.29, 0.717) is 18.1 Å². The number of H-pyrrole nitrogens is 1. The summed E-state index contributed by atoms with van der Waals surface area (Å²) in [5, 5.41) is 13.1. The smallest absolute Gasteiger partial charge is 0.269 e. The van der Waals surface area contributed by atoms with E-state index in [9.17, 15) is 4.79 Å². The summed E-state index contributed by atoms with van der Waals surface area (Å²) in [5.74, 6) is 0.0955. The first-order valence-corrected chi connectivity index (χ1v) is 5.23. The molecule has 1 amide bonds. The van der Waals surface area contributed by atoms with Gasteiger partial charge in [0.05, 0.1) is 0 Å². The number of aryl methyl sites for hydroxylation is 1. The van der Waals surface area contributed by atoms with Crippen molar-refractivity contribution in [3.8, 4) is 0 Å². The topological polar surface area (TPSA) is 102 Å². The SMILES string of the molecule is Cn1nccc1CCNC(=O)c1cc(N)n[nH]1. The monoisotopic (exact) mass is 234 g/mol. The number of nitrogen functional groups attached to an aromatic ring is 1. The molecule has 2 aromatic rings. The summed E-state index contributed by atoms with van der Waals surface area (Å²) in [6.07, 6.45) is 2.46. The molecule has 0 fully saturated rings. The Bertz CT molecular complexity index is 514. The Kier molecular flexibility index (Phi) is 3.08. The fraction of sp³-hybridized carbons (Fsp3) is 0.300. The van der Waals surface area contributed by atoms with Crippen LogP contribution in [-0.4, -0.2) is 32.4 Å². The zero-order valence-electron chi connectivity index (χ0n) is 9.47. The quantitative estimate of drug-likeness (QED) is 0.675. The molecule has 0 saturated heterocycles. The second kappa shape index (κ2) is 4.69. The first-order chi connectivity index (χ1) is 8.16. The van der Waals surface area contributed by atoms with Crippen molar-refractivity contribution in [2.45, 2.75) is 6.42 Å². The Morgan fingerprint density at radius 2 is 2.47 bits per heavy atom. The van der Waals surface area contributed by atoms with Crippen LogP contribution in [0.1, 0.15) is 16.2 Å². The van der Waals surface area contributed by atoms with E-state index in [-0.39, 0.29) is 5.91 Å². The Morgan fingerprint density at radius 3 is 3.06 bits per heavy atom. The maximum atomic E-state index is 11.6. The molecule has 2 rings (SSSR count). The normalized spacial score (nSPS) is 10.4. The van der Waals surface area contributed by atoms with Gasteiger partial charge in [0.15, 0.2) is 0 Å². The van der Waals surface area contributed by atoms with Crippen LogP contribution in [-0.2, 0) is 13.5 Å². The van der Waals surface area contributed by atoms with Crippen molar-refractivity contribution in [1.29, 1.82) is 0 Å². The molecule has 2 heterocycles. The summed E-state index contributed by atoms with van der Waals surface area (Å²) in [6.45, 7) is 0.539. The van der Waals surface area contributed by atoms with Crippen molar-refractivity contribution in [1.82, 2.24) is 25.3 Å². The molecule has 0 unspecified atom stereocenters. The van der Waals surface area contributed by atoms with E-state index in [2.05, 4.69) is 20.6 Å². The second-order valence-electron chi connectivity index (χ2n) is 3.66. The lowest BCUT2D eigenvalue weighted by Gasteiger charge is -2.03. The van der Waals surface area contributed by atoms with Crippen LogP contribution in [0, 0.1) is 0 Å². The van der Waals surface area contributed by atoms with Gasteiger partial charge < -0.3 is 11.1 Å². The van der Waals surface area contributed by atoms with Crippen molar-refractivity contribution >= 4 is 11.7 Å². The number of carbonyl (C=O) groups is 1. The molecule has 0 radical (unpaired) electrons. The van der Waals surface area contributed by atoms with E-state index in [1.807, 2.05) is 13.1 Å². The van der Waals surface area contributed by atoms with Crippen LogP contribution in [0.4, 0.5) is 5.82 Å². The van der Waals surface area contributed by atoms with Crippen molar-refractivity contribution in [3.63, 3.8) is 0 Å². The fourth-order valence-electron chi connectivity index (χ4n) is 1.50. The number of nitrogens with one attached hydrogen (secondary N) is 2. The molecular formula is C10H14N6O. The fourth-order valence-corrected chi connectivity index (χ4v) is 1.50. The summed E-state index contributed by atoms with van der Waals surface area (Å²) in [5.41, 5.74) is 6.84. The van der Waals surface area contributed by atoms with Crippen molar-refractivity contribution < 1.29 is 4.79 Å². The molecule has 0 saturated carbocycles. The Morgan fingerprint density at radius 1 is 1.65 bits per heavy atom. The largest absolute Gasteiger partial charge is 0.382 e. The number of aromatic amines is 1. The van der Waals surface area contributed by atoms with Gasteiger partial charge >= 0.3 is 0 Å². The molecule has 0 atom stereocenters. The Labute approximate surface area is 98.0 Å². The second-order valence-corrected chi connectivity index (χ2v) is 3.66. The zero-order chi connectivity index (χ0) is 12.3. The third-order valence-electron chi connectivity index (χ3n) is 2.43. The van der Waals surface area contributed by atoms with E-state index in [0.717, 1.165) is 12.1 Å². The van der Waals surface area contributed by atoms with Gasteiger partial charge in [-0.15, -0.1) is 0 Å². The van der Waals surface area contributed by atoms with Gasteiger partial charge in [-0.1, -0.05) is 0 Å². The number of aromatic nitrogens is 4. The first-order valence-electron chi connectivity index (χ1n) is 5.23. The summed E-state index contributed by atoms with van der Waals surface area (Å²) in [6, 6.07) is 3.42. The molecule has 4 N–H and O–H groups in total. The van der Waals surface area contributed by atoms with E-state index >= 15 is 0 Å². The molecule has 90 valence electrons. The van der Waals surface area contributed by atoms with Crippen LogP contribution in [0.25, 0.3) is 0 Å². The summed E-state index contributed by atoms with van der Waals surface area (Å²) in [7, 11) is 1.87. The number of hydrogen-bond acceptors (Lipinski definition) is 4. The molecule has 0 aliphatic rings. The van der Waals surface area contributed by atoms with Gasteiger partial charge in [0.1, 0.15) is 11.5 Å². The summed E-state index contributed by atoms with van der Waals surface area (Å²) < 4.78 is 1.78. The van der Waals surface area contributed by atoms with Gasteiger partial charge in [-0.3, -0.25) is 14.6 Å². The van der Waals surface area contributed by atoms with E-state index in [1.165, 1.54) is 6.07 Å². The molecule has 17 heavy (non-hydrogen) atoms. The Hall–Kier alpha value is -2.31. The average Bonchev–Trinajstić information content (AvgIpc) is 2.88. The number of carbonyl (C=O) groups excluding carboxylic acids is 1. The minimum Gasteiger partial charge on any atom is -0.382 e. The van der Waals surface area contributed by atoms with Crippen LogP contribution >= 0.6 is 0 Å². The molecule has 0 bridgehead atoms. The molecule has 7 nitrogen and oxygen atoms in total. The first kappa shape index (κ1) is 11.2. The third kappa shape index (κ3) is 2.63. The molecule has 0 aromatic carbocycles. The maximum absolute atomic E-state index is 11.6. The van der Waals surface area contributed by atoms with E-state index in [1.54, 1.807) is 10.9 Å². The number of amides is 1. The third-order valence-corrected chi connectivity index (χ3v) is 2.43. The van der Waals surface area contributed by atoms with Gasteiger partial charge in [0.25, 0.3) is 5.91 Å². The highest BCUT2D eigenvalue weighted by Crippen LogP contribution is 2.00. The number of rotatable bonds is 4. The highest BCUT2D eigenvalue weighted by Gasteiger charge is 2.08. The minimum absolute atomic E-state index is 0.212.